The van der Waals surface area contributed by atoms with Gasteiger partial charge in [0, 0.05) is 32.1 Å². The smallest absolute Gasteiger partial charge is 0.407 e. The van der Waals surface area contributed by atoms with E-state index < -0.39 is 30.1 Å². The Labute approximate surface area is 206 Å². The summed E-state index contributed by atoms with van der Waals surface area (Å²) >= 11 is 0. The number of carboxylic acids is 1. The highest BCUT2D eigenvalue weighted by Crippen LogP contribution is 2.44. The van der Waals surface area contributed by atoms with Gasteiger partial charge in [-0.05, 0) is 41.5 Å². The van der Waals surface area contributed by atoms with Crippen LogP contribution >= 0.6 is 0 Å². The summed E-state index contributed by atoms with van der Waals surface area (Å²) < 4.78 is 10.5. The molecule has 3 N–H and O–H groups in total. The SMILES string of the molecule is CCC[C@H](CC(=O)NC(CCCOC)C(=O)O)NC(=O)OCC1c2ccccc2-c2ccccc21. The molecule has 0 radical (unpaired) electrons. The monoisotopic (exact) mass is 482 g/mol. The van der Waals surface area contributed by atoms with Crippen LogP contribution in [0.2, 0.25) is 0 Å². The van der Waals surface area contributed by atoms with Gasteiger partial charge in [0.2, 0.25) is 5.91 Å². The maximum Gasteiger partial charge on any atom is 0.407 e. The first-order valence-electron chi connectivity index (χ1n) is 12.1. The second-order valence-corrected chi connectivity index (χ2v) is 8.75. The number of hydrogen-bond donors (Lipinski definition) is 3. The number of hydrogen-bond acceptors (Lipinski definition) is 5. The molecule has 0 heterocycles. The van der Waals surface area contributed by atoms with Crippen LogP contribution in [0, 0.1) is 0 Å². The Morgan fingerprint density at radius 1 is 0.971 bits per heavy atom. The molecule has 0 fully saturated rings. The van der Waals surface area contributed by atoms with Crippen molar-refractivity contribution in [1.82, 2.24) is 10.6 Å². The molecule has 2 amide bonds. The van der Waals surface area contributed by atoms with Gasteiger partial charge in [-0.15, -0.1) is 0 Å². The van der Waals surface area contributed by atoms with E-state index in [4.69, 9.17) is 9.47 Å². The van der Waals surface area contributed by atoms with Crippen molar-refractivity contribution >= 4 is 18.0 Å². The maximum absolute atomic E-state index is 12.6. The molecule has 35 heavy (non-hydrogen) atoms. The molecule has 8 heteroatoms. The zero-order valence-corrected chi connectivity index (χ0v) is 20.3. The Kier molecular flexibility index (Phi) is 9.66. The van der Waals surface area contributed by atoms with Crippen molar-refractivity contribution in [1.29, 1.82) is 0 Å². The van der Waals surface area contributed by atoms with Gasteiger partial charge in [-0.2, -0.15) is 0 Å². The summed E-state index contributed by atoms with van der Waals surface area (Å²) in [5.74, 6) is -1.57. The number of amides is 2. The largest absolute Gasteiger partial charge is 0.480 e. The molecule has 2 aromatic rings. The van der Waals surface area contributed by atoms with Crippen molar-refractivity contribution in [3.05, 3.63) is 59.7 Å². The van der Waals surface area contributed by atoms with Crippen molar-refractivity contribution in [2.24, 2.45) is 0 Å². The Hall–Kier alpha value is -3.39. The van der Waals surface area contributed by atoms with E-state index in [9.17, 15) is 19.5 Å². The molecule has 1 aliphatic carbocycles. The van der Waals surface area contributed by atoms with E-state index in [0.717, 1.165) is 28.7 Å². The Morgan fingerprint density at radius 3 is 2.17 bits per heavy atom. The molecule has 0 aliphatic heterocycles. The van der Waals surface area contributed by atoms with Crippen LogP contribution in [-0.2, 0) is 19.1 Å². The predicted molar refractivity (Wildman–Crippen MR) is 132 cm³/mol. The summed E-state index contributed by atoms with van der Waals surface area (Å²) in [5, 5.41) is 14.7. The first-order chi connectivity index (χ1) is 16.9. The minimum atomic E-state index is -1.09. The van der Waals surface area contributed by atoms with Crippen molar-refractivity contribution in [3.63, 3.8) is 0 Å². The lowest BCUT2D eigenvalue weighted by Gasteiger charge is -2.21. The summed E-state index contributed by atoms with van der Waals surface area (Å²) in [5.41, 5.74) is 4.55. The van der Waals surface area contributed by atoms with Gasteiger partial charge in [-0.1, -0.05) is 61.9 Å². The van der Waals surface area contributed by atoms with Crippen LogP contribution in [0.25, 0.3) is 11.1 Å². The number of aliphatic carboxylic acids is 1. The van der Waals surface area contributed by atoms with Crippen LogP contribution in [0.3, 0.4) is 0 Å². The van der Waals surface area contributed by atoms with Gasteiger partial charge >= 0.3 is 12.1 Å². The van der Waals surface area contributed by atoms with E-state index in [1.807, 2.05) is 31.2 Å². The van der Waals surface area contributed by atoms with E-state index in [0.29, 0.717) is 19.4 Å². The van der Waals surface area contributed by atoms with E-state index in [2.05, 4.69) is 34.9 Å². The summed E-state index contributed by atoms with van der Waals surface area (Å²) in [6.07, 6.45) is 1.49. The van der Waals surface area contributed by atoms with Gasteiger partial charge in [-0.25, -0.2) is 9.59 Å². The fourth-order valence-electron chi connectivity index (χ4n) is 4.55. The Bertz CT molecular complexity index is 979. The average molecular weight is 483 g/mol. The number of carbonyl (C=O) groups is 3. The fourth-order valence-corrected chi connectivity index (χ4v) is 4.55. The summed E-state index contributed by atoms with van der Waals surface area (Å²) in [4.78, 5) is 36.6. The van der Waals surface area contributed by atoms with Crippen LogP contribution in [0.5, 0.6) is 0 Å². The molecular formula is C27H34N2O6. The lowest BCUT2D eigenvalue weighted by atomic mass is 9.98. The van der Waals surface area contributed by atoms with Crippen molar-refractivity contribution in [2.75, 3.05) is 20.3 Å². The van der Waals surface area contributed by atoms with Crippen LogP contribution in [-0.4, -0.2) is 55.5 Å². The van der Waals surface area contributed by atoms with Crippen LogP contribution in [0.4, 0.5) is 4.79 Å². The van der Waals surface area contributed by atoms with Crippen molar-refractivity contribution in [2.45, 2.75) is 57.0 Å². The second-order valence-electron chi connectivity index (χ2n) is 8.75. The number of nitrogens with one attached hydrogen (secondary N) is 2. The third-order valence-electron chi connectivity index (χ3n) is 6.21. The zero-order chi connectivity index (χ0) is 25.2. The van der Waals surface area contributed by atoms with Crippen molar-refractivity contribution in [3.8, 4) is 11.1 Å². The summed E-state index contributed by atoms with van der Waals surface area (Å²) in [6.45, 7) is 2.56. The minimum absolute atomic E-state index is 0.0217. The topological polar surface area (TPSA) is 114 Å². The third-order valence-corrected chi connectivity index (χ3v) is 6.21. The molecule has 188 valence electrons. The second kappa shape index (κ2) is 12.9. The lowest BCUT2D eigenvalue weighted by molar-refractivity contribution is -0.142. The molecule has 1 aliphatic rings. The molecule has 0 aromatic heterocycles. The number of alkyl carbamates (subject to hydrolysis) is 1. The number of rotatable bonds is 13. The molecule has 0 saturated heterocycles. The third kappa shape index (κ3) is 7.05. The highest BCUT2D eigenvalue weighted by molar-refractivity contribution is 5.84. The van der Waals surface area contributed by atoms with Crippen LogP contribution < -0.4 is 10.6 Å². The van der Waals surface area contributed by atoms with Gasteiger partial charge < -0.3 is 25.2 Å². The first-order valence-corrected chi connectivity index (χ1v) is 12.1. The highest BCUT2D eigenvalue weighted by Gasteiger charge is 2.29. The Morgan fingerprint density at radius 2 is 1.60 bits per heavy atom. The minimum Gasteiger partial charge on any atom is -0.480 e. The highest BCUT2D eigenvalue weighted by atomic mass is 16.5. The van der Waals surface area contributed by atoms with E-state index in [1.165, 1.54) is 0 Å². The fraction of sp³-hybridized carbons (Fsp3) is 0.444. The maximum atomic E-state index is 12.6. The number of methoxy groups -OCH3 is 1. The molecule has 2 aromatic carbocycles. The standard InChI is InChI=1S/C27H34N2O6/c1-3-9-18(16-25(30)29-24(26(31)32)14-8-15-34-2)28-27(33)35-17-23-21-12-6-4-10-19(21)20-11-5-7-13-22(20)23/h4-7,10-13,18,23-24H,3,8-9,14-17H2,1-2H3,(H,28,33)(H,29,30)(H,31,32)/t18-,24?/m1/s1. The zero-order valence-electron chi connectivity index (χ0n) is 20.3. The molecule has 8 nitrogen and oxygen atoms in total. The number of ether oxygens (including phenoxy) is 2. The number of fused-ring (bicyclic) bond motifs is 3. The Balaban J connectivity index is 1.55. The van der Waals surface area contributed by atoms with Crippen LogP contribution in [0.1, 0.15) is 56.1 Å². The first kappa shape index (κ1) is 26.2. The van der Waals surface area contributed by atoms with Gasteiger partial charge in [-0.3, -0.25) is 4.79 Å². The molecule has 2 atom stereocenters. The molecule has 3 rings (SSSR count). The normalized spacial score (nSPS) is 13.9. The lowest BCUT2D eigenvalue weighted by Crippen LogP contribution is -2.45. The van der Waals surface area contributed by atoms with Gasteiger partial charge in [0.1, 0.15) is 12.6 Å². The molecule has 0 saturated carbocycles. The van der Waals surface area contributed by atoms with Gasteiger partial charge in [0.15, 0.2) is 0 Å². The molecule has 1 unspecified atom stereocenters. The molecule has 0 bridgehead atoms. The summed E-state index contributed by atoms with van der Waals surface area (Å²) in [7, 11) is 1.54. The van der Waals surface area contributed by atoms with E-state index in [-0.39, 0.29) is 25.4 Å². The quantitative estimate of drug-likeness (QED) is 0.371. The summed E-state index contributed by atoms with van der Waals surface area (Å²) in [6, 6.07) is 14.8. The van der Waals surface area contributed by atoms with Crippen LogP contribution in [0.15, 0.2) is 48.5 Å². The van der Waals surface area contributed by atoms with Gasteiger partial charge in [0.25, 0.3) is 0 Å². The predicted octanol–water partition coefficient (Wildman–Crippen LogP) is 4.08. The van der Waals surface area contributed by atoms with E-state index >= 15 is 0 Å². The average Bonchev–Trinajstić information content (AvgIpc) is 3.16. The van der Waals surface area contributed by atoms with E-state index in [1.54, 1.807) is 7.11 Å². The number of carbonyl (C=O) groups excluding carboxylic acids is 2. The number of carboxylic acid groups (broad SMARTS) is 1. The molecule has 0 spiro atoms. The number of benzene rings is 2. The molecular weight excluding hydrogens is 448 g/mol. The van der Waals surface area contributed by atoms with Gasteiger partial charge in [0.05, 0.1) is 0 Å². The van der Waals surface area contributed by atoms with Crippen molar-refractivity contribution < 1.29 is 29.0 Å².